The fourth-order valence-corrected chi connectivity index (χ4v) is 2.40. The average molecular weight is 364 g/mol. The molecule has 0 atom stereocenters. The molecule has 1 rings (SSSR count). The number of ether oxygens (including phenoxy) is 1. The lowest BCUT2D eigenvalue weighted by molar-refractivity contribution is -0.130. The summed E-state index contributed by atoms with van der Waals surface area (Å²) in [6.45, 7) is 11.9. The van der Waals surface area contributed by atoms with E-state index in [9.17, 15) is 4.79 Å². The lowest BCUT2D eigenvalue weighted by Crippen LogP contribution is -2.40. The van der Waals surface area contributed by atoms with Crippen molar-refractivity contribution in [3.63, 3.8) is 0 Å². The molecule has 0 radical (unpaired) electrons. The summed E-state index contributed by atoms with van der Waals surface area (Å²) in [4.78, 5) is 22.8. The number of hydrogen-bond acceptors (Lipinski definition) is 4. The molecule has 7 heteroatoms. The van der Waals surface area contributed by atoms with E-state index in [1.807, 2.05) is 37.8 Å². The van der Waals surface area contributed by atoms with E-state index in [4.69, 9.17) is 4.74 Å². The number of aromatic nitrogens is 1. The Morgan fingerprint density at radius 3 is 2.65 bits per heavy atom. The minimum atomic E-state index is 0.154. The molecule has 26 heavy (non-hydrogen) atoms. The van der Waals surface area contributed by atoms with Gasteiger partial charge in [-0.1, -0.05) is 13.0 Å². The van der Waals surface area contributed by atoms with Crippen LogP contribution < -0.4 is 15.4 Å². The Bertz CT molecular complexity index is 559. The molecule has 2 N–H and O–H groups in total. The van der Waals surface area contributed by atoms with Crippen LogP contribution in [0.25, 0.3) is 0 Å². The van der Waals surface area contributed by atoms with Crippen LogP contribution in [0.2, 0.25) is 0 Å². The van der Waals surface area contributed by atoms with E-state index in [2.05, 4.69) is 27.5 Å². The van der Waals surface area contributed by atoms with Gasteiger partial charge in [0.25, 0.3) is 0 Å². The molecule has 0 aliphatic heterocycles. The third-order valence-electron chi connectivity index (χ3n) is 3.79. The van der Waals surface area contributed by atoms with Crippen molar-refractivity contribution in [2.75, 3.05) is 32.8 Å². The van der Waals surface area contributed by atoms with E-state index < -0.39 is 0 Å². The van der Waals surface area contributed by atoms with Gasteiger partial charge in [-0.05, 0) is 33.3 Å². The Labute approximate surface area is 157 Å². The molecule has 7 nitrogen and oxygen atoms in total. The van der Waals surface area contributed by atoms with Gasteiger partial charge in [0, 0.05) is 44.4 Å². The summed E-state index contributed by atoms with van der Waals surface area (Å²) >= 11 is 0. The van der Waals surface area contributed by atoms with Gasteiger partial charge in [0.2, 0.25) is 11.8 Å². The van der Waals surface area contributed by atoms with Gasteiger partial charge in [-0.2, -0.15) is 0 Å². The van der Waals surface area contributed by atoms with E-state index in [0.717, 1.165) is 31.6 Å². The smallest absolute Gasteiger partial charge is 0.224 e. The molecule has 0 aromatic carbocycles. The first-order chi connectivity index (χ1) is 12.7. The molecule has 0 aliphatic carbocycles. The van der Waals surface area contributed by atoms with Gasteiger partial charge < -0.3 is 20.3 Å². The standard InChI is InChI=1S/C19H33N5O2/c1-5-14-26-18-16(10-9-12-21-18)15-23-19(20-6-2)22-13-11-17(25)24(7-3)8-4/h9-10,12H,5-8,11,13-15H2,1-4H3,(H2,20,22,23). The van der Waals surface area contributed by atoms with Crippen LogP contribution >= 0.6 is 0 Å². The van der Waals surface area contributed by atoms with E-state index in [-0.39, 0.29) is 5.91 Å². The van der Waals surface area contributed by atoms with Gasteiger partial charge in [0.1, 0.15) is 0 Å². The minimum Gasteiger partial charge on any atom is -0.477 e. The molecular formula is C19H33N5O2. The van der Waals surface area contributed by atoms with Crippen molar-refractivity contribution in [1.82, 2.24) is 20.5 Å². The molecule has 1 heterocycles. The van der Waals surface area contributed by atoms with Gasteiger partial charge in [-0.3, -0.25) is 4.79 Å². The number of nitrogens with zero attached hydrogens (tertiary/aromatic N) is 3. The summed E-state index contributed by atoms with van der Waals surface area (Å²) in [6.07, 6.45) is 3.11. The second-order valence-electron chi connectivity index (χ2n) is 5.75. The van der Waals surface area contributed by atoms with Gasteiger partial charge in [-0.25, -0.2) is 9.98 Å². The molecule has 1 amide bonds. The summed E-state index contributed by atoms with van der Waals surface area (Å²) < 4.78 is 5.67. The quantitative estimate of drug-likeness (QED) is 0.465. The van der Waals surface area contributed by atoms with Crippen molar-refractivity contribution in [2.24, 2.45) is 4.99 Å². The van der Waals surface area contributed by atoms with Crippen molar-refractivity contribution in [3.05, 3.63) is 23.9 Å². The predicted octanol–water partition coefficient (Wildman–Crippen LogP) is 2.18. The van der Waals surface area contributed by atoms with Gasteiger partial charge in [0.15, 0.2) is 5.96 Å². The van der Waals surface area contributed by atoms with Crippen LogP contribution in [0.5, 0.6) is 5.88 Å². The van der Waals surface area contributed by atoms with E-state index >= 15 is 0 Å². The number of guanidine groups is 1. The number of nitrogens with one attached hydrogen (secondary N) is 2. The maximum absolute atomic E-state index is 12.1. The Kier molecular flexibility index (Phi) is 10.8. The Hall–Kier alpha value is -2.31. The monoisotopic (exact) mass is 363 g/mol. The van der Waals surface area contributed by atoms with Crippen molar-refractivity contribution in [1.29, 1.82) is 0 Å². The SMILES string of the molecule is CCCOc1ncccc1CN=C(NCC)NCCC(=O)N(CC)CC. The molecule has 1 aromatic heterocycles. The van der Waals surface area contributed by atoms with Gasteiger partial charge in [0.05, 0.1) is 13.2 Å². The molecular weight excluding hydrogens is 330 g/mol. The topological polar surface area (TPSA) is 78.9 Å². The summed E-state index contributed by atoms with van der Waals surface area (Å²) in [5.41, 5.74) is 0.942. The fourth-order valence-electron chi connectivity index (χ4n) is 2.40. The average Bonchev–Trinajstić information content (AvgIpc) is 2.66. The molecule has 0 aliphatic rings. The lowest BCUT2D eigenvalue weighted by Gasteiger charge is -2.19. The number of carbonyl (C=O) groups is 1. The van der Waals surface area contributed by atoms with E-state index in [0.29, 0.717) is 38.0 Å². The van der Waals surface area contributed by atoms with Crippen molar-refractivity contribution in [2.45, 2.75) is 47.1 Å². The third kappa shape index (κ3) is 7.72. The lowest BCUT2D eigenvalue weighted by atomic mass is 10.3. The molecule has 146 valence electrons. The molecule has 0 spiro atoms. The summed E-state index contributed by atoms with van der Waals surface area (Å²) in [5.74, 6) is 1.47. The first-order valence-corrected chi connectivity index (χ1v) is 9.52. The van der Waals surface area contributed by atoms with Crippen LogP contribution in [0.3, 0.4) is 0 Å². The highest BCUT2D eigenvalue weighted by Gasteiger charge is 2.09. The van der Waals surface area contributed by atoms with Crippen LogP contribution in [0, 0.1) is 0 Å². The van der Waals surface area contributed by atoms with Crippen molar-refractivity contribution < 1.29 is 9.53 Å². The zero-order valence-corrected chi connectivity index (χ0v) is 16.5. The second-order valence-corrected chi connectivity index (χ2v) is 5.75. The number of aliphatic imine (C=N–C) groups is 1. The summed E-state index contributed by atoms with van der Waals surface area (Å²) in [7, 11) is 0. The predicted molar refractivity (Wildman–Crippen MR) is 105 cm³/mol. The van der Waals surface area contributed by atoms with Crippen molar-refractivity contribution >= 4 is 11.9 Å². The second kappa shape index (κ2) is 13.0. The highest BCUT2D eigenvalue weighted by Crippen LogP contribution is 2.15. The van der Waals surface area contributed by atoms with E-state index in [1.165, 1.54) is 0 Å². The first-order valence-electron chi connectivity index (χ1n) is 9.52. The zero-order valence-electron chi connectivity index (χ0n) is 16.5. The van der Waals surface area contributed by atoms with Crippen LogP contribution in [0.4, 0.5) is 0 Å². The van der Waals surface area contributed by atoms with E-state index in [1.54, 1.807) is 6.20 Å². The molecule has 1 aromatic rings. The van der Waals surface area contributed by atoms with Gasteiger partial charge in [-0.15, -0.1) is 0 Å². The van der Waals surface area contributed by atoms with Gasteiger partial charge >= 0.3 is 0 Å². The zero-order chi connectivity index (χ0) is 19.2. The highest BCUT2D eigenvalue weighted by atomic mass is 16.5. The van der Waals surface area contributed by atoms with Crippen LogP contribution in [0.15, 0.2) is 23.3 Å². The number of carbonyl (C=O) groups excluding carboxylic acids is 1. The summed E-state index contributed by atoms with van der Waals surface area (Å²) in [6, 6.07) is 3.85. The number of pyridine rings is 1. The number of rotatable bonds is 11. The molecule has 0 bridgehead atoms. The number of hydrogen-bond donors (Lipinski definition) is 2. The molecule has 0 fully saturated rings. The Morgan fingerprint density at radius 2 is 2.00 bits per heavy atom. The maximum Gasteiger partial charge on any atom is 0.224 e. The fraction of sp³-hybridized carbons (Fsp3) is 0.632. The van der Waals surface area contributed by atoms with Crippen LogP contribution in [-0.2, 0) is 11.3 Å². The Balaban J connectivity index is 2.62. The van der Waals surface area contributed by atoms with Crippen LogP contribution in [0.1, 0.15) is 46.1 Å². The number of amides is 1. The minimum absolute atomic E-state index is 0.154. The molecule has 0 saturated heterocycles. The Morgan fingerprint density at radius 1 is 1.23 bits per heavy atom. The first kappa shape index (κ1) is 21.7. The molecule has 0 saturated carbocycles. The van der Waals surface area contributed by atoms with Crippen molar-refractivity contribution in [3.8, 4) is 5.88 Å². The normalized spacial score (nSPS) is 11.2. The maximum atomic E-state index is 12.1. The largest absolute Gasteiger partial charge is 0.477 e. The molecule has 0 unspecified atom stereocenters. The van der Waals surface area contributed by atoms with Crippen LogP contribution in [-0.4, -0.2) is 54.5 Å². The third-order valence-corrected chi connectivity index (χ3v) is 3.79. The highest BCUT2D eigenvalue weighted by molar-refractivity contribution is 5.81. The summed E-state index contributed by atoms with van der Waals surface area (Å²) in [5, 5.41) is 6.42.